The Balaban J connectivity index is 1.48. The summed E-state index contributed by atoms with van der Waals surface area (Å²) in [5.74, 6) is -1.71. The molecule has 15 heteroatoms. The van der Waals surface area contributed by atoms with Crippen LogP contribution in [0.25, 0.3) is 0 Å². The second-order valence-electron chi connectivity index (χ2n) is 6.35. The predicted octanol–water partition coefficient (Wildman–Crippen LogP) is 0.256. The molecular weight excluding hydrogens is 466 g/mol. The third kappa shape index (κ3) is 3.98. The van der Waals surface area contributed by atoms with E-state index >= 15 is 0 Å². The van der Waals surface area contributed by atoms with E-state index in [2.05, 4.69) is 25.7 Å². The van der Waals surface area contributed by atoms with Crippen molar-refractivity contribution in [2.24, 2.45) is 5.16 Å². The molecule has 162 valence electrons. The minimum Gasteiger partial charge on any atom is -0.477 e. The lowest BCUT2D eigenvalue weighted by molar-refractivity contribution is -0.150. The monoisotopic (exact) mass is 481 g/mol. The van der Waals surface area contributed by atoms with E-state index in [-0.39, 0.29) is 22.2 Å². The lowest BCUT2D eigenvalue weighted by atomic mass is 10.0. The van der Waals surface area contributed by atoms with Crippen LogP contribution in [0.2, 0.25) is 0 Å². The maximum atomic E-state index is 12.7. The van der Waals surface area contributed by atoms with Crippen LogP contribution in [0, 0.1) is 0 Å². The number of aromatic amines is 1. The summed E-state index contributed by atoms with van der Waals surface area (Å²) in [6.45, 7) is 0. The van der Waals surface area contributed by atoms with Gasteiger partial charge in [0.15, 0.2) is 10.8 Å². The zero-order valence-corrected chi connectivity index (χ0v) is 18.0. The Bertz CT molecular complexity index is 1100. The summed E-state index contributed by atoms with van der Waals surface area (Å²) in [6.07, 6.45) is 3.35. The molecule has 0 bridgehead atoms. The van der Waals surface area contributed by atoms with Gasteiger partial charge in [-0.1, -0.05) is 5.16 Å². The molecule has 12 nitrogen and oxygen atoms in total. The average molecular weight is 482 g/mol. The highest BCUT2D eigenvalue weighted by atomic mass is 32.2. The number of hydrogen-bond donors (Lipinski definition) is 5. The molecule has 2 aliphatic heterocycles. The van der Waals surface area contributed by atoms with Crippen molar-refractivity contribution in [3.05, 3.63) is 39.6 Å². The molecule has 2 aromatic heterocycles. The molecule has 6 N–H and O–H groups in total. The summed E-state index contributed by atoms with van der Waals surface area (Å²) in [4.78, 5) is 42.7. The van der Waals surface area contributed by atoms with Crippen LogP contribution >= 0.6 is 34.9 Å². The number of nitrogens with zero attached hydrogens (tertiary/aromatic N) is 4. The van der Waals surface area contributed by atoms with Crippen LogP contribution in [0.5, 0.6) is 0 Å². The van der Waals surface area contributed by atoms with Crippen LogP contribution in [-0.2, 0) is 20.1 Å². The van der Waals surface area contributed by atoms with E-state index in [9.17, 15) is 24.7 Å². The highest BCUT2D eigenvalue weighted by Gasteiger charge is 2.54. The number of carboxylic acid groups (broad SMARTS) is 1. The molecule has 1 saturated heterocycles. The number of rotatable bonds is 7. The SMILES string of the molecule is Nc1nc(/C(=N\O)C(=O)N[C@@H]2C(=O)N3C(C(=O)O)=C(SCc4cn[nH]c4)CS[C@H]23)cs1. The molecule has 2 aromatic rings. The predicted molar refractivity (Wildman–Crippen MR) is 114 cm³/mol. The molecule has 0 aromatic carbocycles. The number of thiazole rings is 1. The van der Waals surface area contributed by atoms with Gasteiger partial charge in [-0.2, -0.15) is 5.10 Å². The quantitative estimate of drug-likeness (QED) is 0.159. The maximum Gasteiger partial charge on any atom is 0.353 e. The van der Waals surface area contributed by atoms with Crippen LogP contribution in [0.15, 0.2) is 33.5 Å². The summed E-state index contributed by atoms with van der Waals surface area (Å²) in [7, 11) is 0. The highest BCUT2D eigenvalue weighted by molar-refractivity contribution is 8.05. The molecule has 1 fully saturated rings. The lowest BCUT2D eigenvalue weighted by Crippen LogP contribution is -2.71. The topological polar surface area (TPSA) is 187 Å². The van der Waals surface area contributed by atoms with Crippen molar-refractivity contribution in [3.8, 4) is 0 Å². The number of nitrogen functional groups attached to an aromatic ring is 1. The molecule has 2 aliphatic rings. The Morgan fingerprint density at radius 3 is 2.90 bits per heavy atom. The fourth-order valence-electron chi connectivity index (χ4n) is 3.05. The van der Waals surface area contributed by atoms with Crippen molar-refractivity contribution in [2.75, 3.05) is 11.5 Å². The molecule has 0 spiro atoms. The van der Waals surface area contributed by atoms with Gasteiger partial charge in [0.1, 0.15) is 22.8 Å². The minimum atomic E-state index is -1.21. The van der Waals surface area contributed by atoms with Gasteiger partial charge in [0, 0.05) is 33.6 Å². The van der Waals surface area contributed by atoms with Gasteiger partial charge < -0.3 is 21.4 Å². The van der Waals surface area contributed by atoms with Gasteiger partial charge in [0.25, 0.3) is 11.8 Å². The maximum absolute atomic E-state index is 12.7. The van der Waals surface area contributed by atoms with Gasteiger partial charge in [-0.25, -0.2) is 9.78 Å². The first-order chi connectivity index (χ1) is 14.9. The molecule has 0 saturated carbocycles. The number of H-pyrrole nitrogens is 1. The first-order valence-corrected chi connectivity index (χ1v) is 11.6. The van der Waals surface area contributed by atoms with Gasteiger partial charge in [0.2, 0.25) is 0 Å². The van der Waals surface area contributed by atoms with Crippen LogP contribution in [-0.4, -0.2) is 71.1 Å². The summed E-state index contributed by atoms with van der Waals surface area (Å²) in [6, 6.07) is -0.958. The van der Waals surface area contributed by atoms with E-state index in [1.54, 1.807) is 12.4 Å². The van der Waals surface area contributed by atoms with Gasteiger partial charge in [-0.3, -0.25) is 19.6 Å². The molecule has 0 aliphatic carbocycles. The number of carbonyl (C=O) groups is 3. The fraction of sp³-hybridized carbons (Fsp3) is 0.250. The molecule has 4 rings (SSSR count). The number of nitrogens with one attached hydrogen (secondary N) is 2. The van der Waals surface area contributed by atoms with Crippen LogP contribution in [0.4, 0.5) is 5.13 Å². The second kappa shape index (κ2) is 8.60. The smallest absolute Gasteiger partial charge is 0.353 e. The van der Waals surface area contributed by atoms with Gasteiger partial charge in [0.05, 0.1) is 6.20 Å². The third-order valence-corrected chi connectivity index (χ3v) is 7.77. The van der Waals surface area contributed by atoms with Crippen LogP contribution in [0.3, 0.4) is 0 Å². The van der Waals surface area contributed by atoms with Crippen molar-refractivity contribution < 1.29 is 24.7 Å². The van der Waals surface area contributed by atoms with Gasteiger partial charge in [-0.15, -0.1) is 34.9 Å². The highest BCUT2D eigenvalue weighted by Crippen LogP contribution is 2.44. The summed E-state index contributed by atoms with van der Waals surface area (Å²) in [5, 5.41) is 32.0. The molecule has 0 unspecified atom stereocenters. The number of amides is 2. The summed E-state index contributed by atoms with van der Waals surface area (Å²) < 4.78 is 0. The van der Waals surface area contributed by atoms with E-state index in [4.69, 9.17) is 5.73 Å². The second-order valence-corrected chi connectivity index (χ2v) is 9.42. The number of hydrogen-bond acceptors (Lipinski definition) is 11. The van der Waals surface area contributed by atoms with Crippen molar-refractivity contribution in [1.29, 1.82) is 0 Å². The number of anilines is 1. The Labute approximate surface area is 187 Å². The Morgan fingerprint density at radius 2 is 2.29 bits per heavy atom. The van der Waals surface area contributed by atoms with Gasteiger partial charge >= 0.3 is 5.97 Å². The third-order valence-electron chi connectivity index (χ3n) is 4.47. The van der Waals surface area contributed by atoms with E-state index < -0.39 is 29.2 Å². The molecule has 4 heterocycles. The summed E-state index contributed by atoms with van der Waals surface area (Å²) in [5.41, 5.74) is 6.04. The van der Waals surface area contributed by atoms with Crippen molar-refractivity contribution in [2.45, 2.75) is 17.2 Å². The first-order valence-electron chi connectivity index (χ1n) is 8.66. The minimum absolute atomic E-state index is 0.0754. The lowest BCUT2D eigenvalue weighted by Gasteiger charge is -2.49. The largest absolute Gasteiger partial charge is 0.477 e. The summed E-state index contributed by atoms with van der Waals surface area (Å²) >= 11 is 3.73. The van der Waals surface area contributed by atoms with Crippen molar-refractivity contribution in [3.63, 3.8) is 0 Å². The average Bonchev–Trinajstić information content (AvgIpc) is 3.42. The van der Waals surface area contributed by atoms with E-state index in [1.165, 1.54) is 33.8 Å². The molecular formula is C16H15N7O5S3. The zero-order valence-electron chi connectivity index (χ0n) is 15.5. The molecule has 2 amide bonds. The normalized spacial score (nSPS) is 21.0. The number of fused-ring (bicyclic) bond motifs is 1. The van der Waals surface area contributed by atoms with Crippen LogP contribution in [0.1, 0.15) is 11.3 Å². The number of carboxylic acids is 1. The number of thioether (sulfide) groups is 2. The van der Waals surface area contributed by atoms with Crippen molar-refractivity contribution >= 4 is 63.5 Å². The number of β-lactam (4-membered cyclic amide) rings is 1. The fourth-order valence-corrected chi connectivity index (χ4v) is 6.15. The standard InChI is InChI=1S/C16H15N7O5S3/c17-16-20-7(4-31-16)9(22-28)12(24)21-10-13(25)23-11(15(26)27)8(5-30-14(10)23)29-3-6-1-18-19-2-6/h1-2,4,10,14,28H,3,5H2,(H2,17,20)(H,18,19)(H,21,24)(H,26,27)/b22-9+/t10-,14-/m1/s1. The van der Waals surface area contributed by atoms with E-state index in [0.717, 1.165) is 16.9 Å². The number of oxime groups is 1. The van der Waals surface area contributed by atoms with E-state index in [0.29, 0.717) is 16.4 Å². The van der Waals surface area contributed by atoms with E-state index in [1.807, 2.05) is 0 Å². The number of nitrogens with two attached hydrogens (primary N) is 1. The Hall–Kier alpha value is -3.04. The van der Waals surface area contributed by atoms with Gasteiger partial charge in [-0.05, 0) is 0 Å². The number of aromatic nitrogens is 3. The molecule has 2 atom stereocenters. The first kappa shape index (κ1) is 21.2. The zero-order chi connectivity index (χ0) is 22.1. The van der Waals surface area contributed by atoms with Crippen LogP contribution < -0.4 is 11.1 Å². The molecule has 31 heavy (non-hydrogen) atoms. The Morgan fingerprint density at radius 1 is 1.48 bits per heavy atom. The Kier molecular flexibility index (Phi) is 5.88. The van der Waals surface area contributed by atoms with Crippen molar-refractivity contribution in [1.82, 2.24) is 25.4 Å². The number of aliphatic carboxylic acids is 1. The number of carbonyl (C=O) groups excluding carboxylic acids is 2. The molecule has 0 radical (unpaired) electrons.